The quantitative estimate of drug-likeness (QED) is 0.352. The molecule has 1 aromatic heterocycles. The van der Waals surface area contributed by atoms with Gasteiger partial charge in [0, 0.05) is 5.56 Å². The lowest BCUT2D eigenvalue weighted by Crippen LogP contribution is -2.21. The summed E-state index contributed by atoms with van der Waals surface area (Å²) >= 11 is 0. The first-order chi connectivity index (χ1) is 5.29. The van der Waals surface area contributed by atoms with E-state index in [0.717, 1.165) is 5.56 Å². The molecule has 0 bridgehead atoms. The third-order valence-electron chi connectivity index (χ3n) is 0.923. The molecule has 0 saturated carbocycles. The molecule has 0 atom stereocenters. The SMILES string of the molecule is NC(N)=NN=Cc1ccoc1. The maximum Gasteiger partial charge on any atom is 0.211 e. The predicted octanol–water partition coefficient (Wildman–Crippen LogP) is -0.113. The molecule has 0 amide bonds. The molecule has 4 N–H and O–H groups in total. The summed E-state index contributed by atoms with van der Waals surface area (Å²) in [5.74, 6) is -0.0651. The van der Waals surface area contributed by atoms with Gasteiger partial charge < -0.3 is 15.9 Å². The van der Waals surface area contributed by atoms with E-state index in [2.05, 4.69) is 10.2 Å². The molecule has 0 aromatic carbocycles. The van der Waals surface area contributed by atoms with E-state index in [9.17, 15) is 0 Å². The summed E-state index contributed by atoms with van der Waals surface area (Å²) < 4.78 is 4.77. The standard InChI is InChI=1S/C6H8N4O/c7-6(8)10-9-3-5-1-2-11-4-5/h1-4H,(H4,7,8,10). The molecule has 5 nitrogen and oxygen atoms in total. The van der Waals surface area contributed by atoms with Crippen LogP contribution < -0.4 is 11.5 Å². The molecule has 5 heteroatoms. The van der Waals surface area contributed by atoms with E-state index in [0.29, 0.717) is 0 Å². The number of hydrogen-bond acceptors (Lipinski definition) is 3. The Morgan fingerprint density at radius 1 is 1.55 bits per heavy atom. The van der Waals surface area contributed by atoms with Gasteiger partial charge in [0.1, 0.15) is 0 Å². The minimum Gasteiger partial charge on any atom is -0.472 e. The zero-order chi connectivity index (χ0) is 8.10. The van der Waals surface area contributed by atoms with Gasteiger partial charge in [-0.05, 0) is 6.07 Å². The summed E-state index contributed by atoms with van der Waals surface area (Å²) in [5, 5.41) is 6.97. The van der Waals surface area contributed by atoms with Crippen LogP contribution in [0.3, 0.4) is 0 Å². The molecule has 1 aromatic rings. The Morgan fingerprint density at radius 2 is 2.36 bits per heavy atom. The average Bonchev–Trinajstić information content (AvgIpc) is 2.39. The van der Waals surface area contributed by atoms with Gasteiger partial charge in [-0.15, -0.1) is 5.10 Å². The van der Waals surface area contributed by atoms with E-state index >= 15 is 0 Å². The first kappa shape index (κ1) is 7.33. The molecule has 58 valence electrons. The summed E-state index contributed by atoms with van der Waals surface area (Å²) in [6.45, 7) is 0. The van der Waals surface area contributed by atoms with Crippen LogP contribution in [-0.4, -0.2) is 12.2 Å². The summed E-state index contributed by atoms with van der Waals surface area (Å²) in [7, 11) is 0. The summed E-state index contributed by atoms with van der Waals surface area (Å²) in [6, 6.07) is 1.74. The van der Waals surface area contributed by atoms with Gasteiger partial charge in [0.25, 0.3) is 0 Å². The first-order valence-corrected chi connectivity index (χ1v) is 2.93. The molecule has 0 spiro atoms. The Labute approximate surface area is 63.4 Å². The summed E-state index contributed by atoms with van der Waals surface area (Å²) in [6.07, 6.45) is 4.56. The van der Waals surface area contributed by atoms with Gasteiger partial charge in [0.2, 0.25) is 5.96 Å². The van der Waals surface area contributed by atoms with Crippen molar-refractivity contribution in [2.45, 2.75) is 0 Å². The predicted molar refractivity (Wildman–Crippen MR) is 42.1 cm³/mol. The molecule has 1 heterocycles. The van der Waals surface area contributed by atoms with Gasteiger partial charge in [0.15, 0.2) is 0 Å². The van der Waals surface area contributed by atoms with Crippen molar-refractivity contribution in [3.63, 3.8) is 0 Å². The van der Waals surface area contributed by atoms with Crippen LogP contribution >= 0.6 is 0 Å². The minimum absolute atomic E-state index is 0.0651. The van der Waals surface area contributed by atoms with Gasteiger partial charge >= 0.3 is 0 Å². The van der Waals surface area contributed by atoms with Crippen molar-refractivity contribution >= 4 is 12.2 Å². The topological polar surface area (TPSA) is 89.9 Å². The number of guanidine groups is 1. The number of nitrogens with two attached hydrogens (primary N) is 2. The number of rotatable bonds is 2. The fourth-order valence-electron chi connectivity index (χ4n) is 0.511. The van der Waals surface area contributed by atoms with E-state index in [4.69, 9.17) is 15.9 Å². The van der Waals surface area contributed by atoms with Gasteiger partial charge in [0.05, 0.1) is 18.7 Å². The maximum absolute atomic E-state index is 5.02. The van der Waals surface area contributed by atoms with Crippen molar-refractivity contribution in [1.29, 1.82) is 0 Å². The lowest BCUT2D eigenvalue weighted by atomic mass is 10.4. The van der Waals surface area contributed by atoms with E-state index < -0.39 is 0 Å². The van der Waals surface area contributed by atoms with Gasteiger partial charge in [-0.3, -0.25) is 0 Å². The maximum atomic E-state index is 5.02. The molecule has 0 unspecified atom stereocenters. The van der Waals surface area contributed by atoms with Crippen LogP contribution in [0.15, 0.2) is 33.2 Å². The molecule has 0 aliphatic heterocycles. The highest BCUT2D eigenvalue weighted by Crippen LogP contribution is 1.94. The van der Waals surface area contributed by atoms with Gasteiger partial charge in [-0.25, -0.2) is 0 Å². The van der Waals surface area contributed by atoms with Gasteiger partial charge in [-0.2, -0.15) is 5.10 Å². The van der Waals surface area contributed by atoms with Crippen LogP contribution in [0.4, 0.5) is 0 Å². The Balaban J connectivity index is 2.56. The normalized spacial score (nSPS) is 10.2. The van der Waals surface area contributed by atoms with Crippen LogP contribution in [0.5, 0.6) is 0 Å². The number of nitrogens with zero attached hydrogens (tertiary/aromatic N) is 2. The Bertz CT molecular complexity index is 258. The molecular formula is C6H8N4O. The van der Waals surface area contributed by atoms with Crippen LogP contribution in [0.1, 0.15) is 5.56 Å². The van der Waals surface area contributed by atoms with Crippen molar-refractivity contribution in [3.05, 3.63) is 24.2 Å². The Hall–Kier alpha value is -1.78. The van der Waals surface area contributed by atoms with E-state index in [-0.39, 0.29) is 5.96 Å². The monoisotopic (exact) mass is 152 g/mol. The number of hydrogen-bond donors (Lipinski definition) is 2. The van der Waals surface area contributed by atoms with Crippen LogP contribution in [-0.2, 0) is 0 Å². The molecule has 0 aliphatic rings. The first-order valence-electron chi connectivity index (χ1n) is 2.93. The third-order valence-corrected chi connectivity index (χ3v) is 0.923. The zero-order valence-corrected chi connectivity index (χ0v) is 5.77. The molecule has 0 fully saturated rings. The molecule has 0 radical (unpaired) electrons. The second kappa shape index (κ2) is 3.40. The van der Waals surface area contributed by atoms with E-state index in [1.54, 1.807) is 6.07 Å². The van der Waals surface area contributed by atoms with Crippen molar-refractivity contribution in [3.8, 4) is 0 Å². The van der Waals surface area contributed by atoms with Crippen molar-refractivity contribution in [1.82, 2.24) is 0 Å². The van der Waals surface area contributed by atoms with E-state index in [1.807, 2.05) is 0 Å². The summed E-state index contributed by atoms with van der Waals surface area (Å²) in [5.41, 5.74) is 10.9. The smallest absolute Gasteiger partial charge is 0.211 e. The van der Waals surface area contributed by atoms with Crippen LogP contribution in [0.2, 0.25) is 0 Å². The molecule has 0 saturated heterocycles. The molecule has 1 rings (SSSR count). The molecular weight excluding hydrogens is 144 g/mol. The highest BCUT2D eigenvalue weighted by Gasteiger charge is 1.85. The lowest BCUT2D eigenvalue weighted by molar-refractivity contribution is 0.567. The van der Waals surface area contributed by atoms with Crippen LogP contribution in [0, 0.1) is 0 Å². The second-order valence-corrected chi connectivity index (χ2v) is 1.83. The van der Waals surface area contributed by atoms with Crippen molar-refractivity contribution in [2.24, 2.45) is 21.7 Å². The largest absolute Gasteiger partial charge is 0.472 e. The molecule has 11 heavy (non-hydrogen) atoms. The summed E-state index contributed by atoms with van der Waals surface area (Å²) in [4.78, 5) is 0. The third kappa shape index (κ3) is 2.53. The highest BCUT2D eigenvalue weighted by atomic mass is 16.3. The Morgan fingerprint density at radius 3 is 2.91 bits per heavy atom. The van der Waals surface area contributed by atoms with Crippen LogP contribution in [0.25, 0.3) is 0 Å². The van der Waals surface area contributed by atoms with Crippen molar-refractivity contribution < 1.29 is 4.42 Å². The fourth-order valence-corrected chi connectivity index (χ4v) is 0.511. The lowest BCUT2D eigenvalue weighted by Gasteiger charge is -1.81. The number of furan rings is 1. The van der Waals surface area contributed by atoms with Crippen molar-refractivity contribution in [2.75, 3.05) is 0 Å². The Kier molecular flexibility index (Phi) is 2.27. The molecule has 0 aliphatic carbocycles. The average molecular weight is 152 g/mol. The fraction of sp³-hybridized carbons (Fsp3) is 0. The zero-order valence-electron chi connectivity index (χ0n) is 5.77. The van der Waals surface area contributed by atoms with Gasteiger partial charge in [-0.1, -0.05) is 0 Å². The highest BCUT2D eigenvalue weighted by molar-refractivity contribution is 5.80. The second-order valence-electron chi connectivity index (χ2n) is 1.83. The minimum atomic E-state index is -0.0651. The van der Waals surface area contributed by atoms with E-state index in [1.165, 1.54) is 18.7 Å².